The van der Waals surface area contributed by atoms with Crippen LogP contribution in [0.4, 0.5) is 0 Å². The molecular weight excluding hydrogens is 308 g/mol. The largest absolute Gasteiger partial charge is 0.497 e. The summed E-state index contributed by atoms with van der Waals surface area (Å²) in [6, 6.07) is 3.53. The van der Waals surface area contributed by atoms with Gasteiger partial charge in [-0.1, -0.05) is 26.7 Å². The summed E-state index contributed by atoms with van der Waals surface area (Å²) in [7, 11) is 3.15. The molecule has 0 aliphatic rings. The monoisotopic (exact) mass is 328 g/mol. The lowest BCUT2D eigenvalue weighted by molar-refractivity contribution is 0.0918. The van der Waals surface area contributed by atoms with E-state index < -0.39 is 0 Å². The summed E-state index contributed by atoms with van der Waals surface area (Å²) in [6.45, 7) is 4.09. The second kappa shape index (κ2) is 7.53. The van der Waals surface area contributed by atoms with Crippen molar-refractivity contribution in [3.63, 3.8) is 0 Å². The molecule has 4 heteroatoms. The summed E-state index contributed by atoms with van der Waals surface area (Å²) in [5, 5.41) is 0. The van der Waals surface area contributed by atoms with Crippen molar-refractivity contribution in [1.29, 1.82) is 0 Å². The standard InChI is InChI=1S/C15H21BrO3/c1-5-6-7-10(2)15(17)14-12(16)8-11(18-3)9-13(14)19-4/h8-10H,5-7H2,1-4H3. The van der Waals surface area contributed by atoms with E-state index in [0.717, 1.165) is 23.7 Å². The van der Waals surface area contributed by atoms with E-state index in [1.807, 2.05) is 6.92 Å². The molecule has 1 aromatic rings. The van der Waals surface area contributed by atoms with Crippen molar-refractivity contribution in [3.05, 3.63) is 22.2 Å². The maximum Gasteiger partial charge on any atom is 0.170 e. The first-order valence-electron chi connectivity index (χ1n) is 6.50. The molecule has 0 N–H and O–H groups in total. The van der Waals surface area contributed by atoms with Crippen molar-refractivity contribution in [2.24, 2.45) is 5.92 Å². The van der Waals surface area contributed by atoms with Crippen LogP contribution in [0.5, 0.6) is 11.5 Å². The van der Waals surface area contributed by atoms with Gasteiger partial charge in [0.05, 0.1) is 19.8 Å². The van der Waals surface area contributed by atoms with Gasteiger partial charge in [-0.15, -0.1) is 0 Å². The quantitative estimate of drug-likeness (QED) is 0.692. The van der Waals surface area contributed by atoms with E-state index in [1.165, 1.54) is 0 Å². The highest BCUT2D eigenvalue weighted by Gasteiger charge is 2.22. The number of carbonyl (C=O) groups is 1. The van der Waals surface area contributed by atoms with E-state index in [1.54, 1.807) is 26.4 Å². The Morgan fingerprint density at radius 2 is 2.00 bits per heavy atom. The van der Waals surface area contributed by atoms with Crippen molar-refractivity contribution >= 4 is 21.7 Å². The SMILES string of the molecule is CCCCC(C)C(=O)c1c(Br)cc(OC)cc1OC. The van der Waals surface area contributed by atoms with E-state index in [9.17, 15) is 4.79 Å². The fourth-order valence-corrected chi connectivity index (χ4v) is 2.58. The molecule has 0 saturated heterocycles. The number of rotatable bonds is 7. The third kappa shape index (κ3) is 3.96. The number of hydrogen-bond acceptors (Lipinski definition) is 3. The second-order valence-corrected chi connectivity index (χ2v) is 5.45. The van der Waals surface area contributed by atoms with Crippen molar-refractivity contribution in [2.75, 3.05) is 14.2 Å². The summed E-state index contributed by atoms with van der Waals surface area (Å²) >= 11 is 3.44. The summed E-state index contributed by atoms with van der Waals surface area (Å²) in [5.74, 6) is 1.33. The van der Waals surface area contributed by atoms with Crippen molar-refractivity contribution in [2.45, 2.75) is 33.1 Å². The van der Waals surface area contributed by atoms with Gasteiger partial charge < -0.3 is 9.47 Å². The van der Waals surface area contributed by atoms with E-state index in [4.69, 9.17) is 9.47 Å². The zero-order valence-electron chi connectivity index (χ0n) is 12.0. The molecule has 3 nitrogen and oxygen atoms in total. The minimum absolute atomic E-state index is 0.00135. The molecule has 1 rings (SSSR count). The molecule has 106 valence electrons. The maximum atomic E-state index is 12.5. The third-order valence-electron chi connectivity index (χ3n) is 3.17. The summed E-state index contributed by atoms with van der Waals surface area (Å²) < 4.78 is 11.2. The molecule has 0 aliphatic heterocycles. The van der Waals surface area contributed by atoms with E-state index in [2.05, 4.69) is 22.9 Å². The van der Waals surface area contributed by atoms with Crippen LogP contribution in [0, 0.1) is 5.92 Å². The molecule has 1 atom stereocenters. The highest BCUT2D eigenvalue weighted by Crippen LogP contribution is 2.34. The smallest absolute Gasteiger partial charge is 0.170 e. The van der Waals surface area contributed by atoms with Crippen LogP contribution in [0.15, 0.2) is 16.6 Å². The molecule has 0 aromatic heterocycles. The molecule has 1 unspecified atom stereocenters. The van der Waals surface area contributed by atoms with Gasteiger partial charge in [0.2, 0.25) is 0 Å². The lowest BCUT2D eigenvalue weighted by Gasteiger charge is -2.15. The Labute approximate surface area is 123 Å². The molecular formula is C15H21BrO3. The Hall–Kier alpha value is -1.03. The molecule has 0 spiro atoms. The normalized spacial score (nSPS) is 12.1. The van der Waals surface area contributed by atoms with Crippen LogP contribution in [-0.2, 0) is 0 Å². The van der Waals surface area contributed by atoms with Crippen LogP contribution >= 0.6 is 15.9 Å². The fourth-order valence-electron chi connectivity index (χ4n) is 1.96. The number of benzene rings is 1. The molecule has 19 heavy (non-hydrogen) atoms. The van der Waals surface area contributed by atoms with Gasteiger partial charge >= 0.3 is 0 Å². The van der Waals surface area contributed by atoms with E-state index >= 15 is 0 Å². The molecule has 0 amide bonds. The number of methoxy groups -OCH3 is 2. The van der Waals surface area contributed by atoms with Gasteiger partial charge in [0, 0.05) is 16.5 Å². The van der Waals surface area contributed by atoms with Gasteiger partial charge in [-0.25, -0.2) is 0 Å². The summed E-state index contributed by atoms with van der Waals surface area (Å²) in [5.41, 5.74) is 0.604. The van der Waals surface area contributed by atoms with Crippen LogP contribution in [0.3, 0.4) is 0 Å². The first-order valence-corrected chi connectivity index (χ1v) is 7.30. The highest BCUT2D eigenvalue weighted by molar-refractivity contribution is 9.10. The number of carbonyl (C=O) groups excluding carboxylic acids is 1. The number of ketones is 1. The first-order chi connectivity index (χ1) is 9.04. The number of unbranched alkanes of at least 4 members (excludes halogenated alkanes) is 1. The van der Waals surface area contributed by atoms with Gasteiger partial charge in [0.15, 0.2) is 5.78 Å². The minimum atomic E-state index is -0.00135. The molecule has 0 fully saturated rings. The summed E-state index contributed by atoms with van der Waals surface area (Å²) in [6.07, 6.45) is 3.05. The van der Waals surface area contributed by atoms with Crippen LogP contribution in [-0.4, -0.2) is 20.0 Å². The summed E-state index contributed by atoms with van der Waals surface area (Å²) in [4.78, 5) is 12.5. The van der Waals surface area contributed by atoms with Crippen molar-refractivity contribution < 1.29 is 14.3 Å². The van der Waals surface area contributed by atoms with E-state index in [-0.39, 0.29) is 11.7 Å². The Kier molecular flexibility index (Phi) is 6.35. The highest BCUT2D eigenvalue weighted by atomic mass is 79.9. The molecule has 1 aromatic carbocycles. The Morgan fingerprint density at radius 3 is 2.53 bits per heavy atom. The van der Waals surface area contributed by atoms with E-state index in [0.29, 0.717) is 17.1 Å². The minimum Gasteiger partial charge on any atom is -0.497 e. The second-order valence-electron chi connectivity index (χ2n) is 4.59. The Bertz CT molecular complexity index is 443. The fraction of sp³-hybridized carbons (Fsp3) is 0.533. The van der Waals surface area contributed by atoms with Gasteiger partial charge in [-0.3, -0.25) is 4.79 Å². The first kappa shape index (κ1) is 16.0. The van der Waals surface area contributed by atoms with Crippen molar-refractivity contribution in [1.82, 2.24) is 0 Å². The molecule has 0 saturated carbocycles. The van der Waals surface area contributed by atoms with Gasteiger partial charge in [-0.2, -0.15) is 0 Å². The van der Waals surface area contributed by atoms with Gasteiger partial charge in [0.25, 0.3) is 0 Å². The van der Waals surface area contributed by atoms with Crippen LogP contribution in [0.25, 0.3) is 0 Å². The van der Waals surface area contributed by atoms with Crippen molar-refractivity contribution in [3.8, 4) is 11.5 Å². The van der Waals surface area contributed by atoms with Crippen LogP contribution < -0.4 is 9.47 Å². The predicted octanol–water partition coefficient (Wildman–Crippen LogP) is 4.48. The molecule has 0 radical (unpaired) electrons. The molecule has 0 bridgehead atoms. The lowest BCUT2D eigenvalue weighted by atomic mass is 9.94. The van der Waals surface area contributed by atoms with Crippen LogP contribution in [0.2, 0.25) is 0 Å². The topological polar surface area (TPSA) is 35.5 Å². The lowest BCUT2D eigenvalue weighted by Crippen LogP contribution is -2.13. The zero-order chi connectivity index (χ0) is 14.4. The molecule has 0 aliphatic carbocycles. The number of Topliss-reactive ketones (excluding diaryl/α,β-unsaturated/α-hetero) is 1. The molecule has 0 heterocycles. The predicted molar refractivity (Wildman–Crippen MR) is 80.3 cm³/mol. The average molecular weight is 329 g/mol. The zero-order valence-corrected chi connectivity index (χ0v) is 13.5. The Balaban J connectivity index is 3.08. The van der Waals surface area contributed by atoms with Crippen LogP contribution in [0.1, 0.15) is 43.5 Å². The number of hydrogen-bond donors (Lipinski definition) is 0. The Morgan fingerprint density at radius 1 is 1.32 bits per heavy atom. The number of halogens is 1. The number of ether oxygens (including phenoxy) is 2. The maximum absolute atomic E-state index is 12.5. The van der Waals surface area contributed by atoms with Gasteiger partial charge in [0.1, 0.15) is 11.5 Å². The average Bonchev–Trinajstić information content (AvgIpc) is 2.42. The third-order valence-corrected chi connectivity index (χ3v) is 3.79. The van der Waals surface area contributed by atoms with Gasteiger partial charge in [-0.05, 0) is 28.4 Å².